The molecule has 178 valence electrons. The van der Waals surface area contributed by atoms with Gasteiger partial charge in [-0.3, -0.25) is 4.79 Å². The number of Topliss-reactive ketones (excluding diaryl/α,β-unsaturated/α-hetero) is 1. The van der Waals surface area contributed by atoms with Crippen molar-refractivity contribution in [3.8, 4) is 11.5 Å². The van der Waals surface area contributed by atoms with Crippen molar-refractivity contribution in [3.63, 3.8) is 0 Å². The smallest absolute Gasteiger partial charge is 0.336 e. The van der Waals surface area contributed by atoms with E-state index in [1.165, 1.54) is 5.56 Å². The van der Waals surface area contributed by atoms with Crippen LogP contribution in [0.4, 0.5) is 0 Å². The van der Waals surface area contributed by atoms with Crippen molar-refractivity contribution in [2.75, 3.05) is 13.7 Å². The molecule has 1 aliphatic carbocycles. The summed E-state index contributed by atoms with van der Waals surface area (Å²) in [6.45, 7) is 6.35. The monoisotopic (exact) mass is 461 g/mol. The van der Waals surface area contributed by atoms with Gasteiger partial charge in [0.25, 0.3) is 0 Å². The number of esters is 1. The zero-order valence-electron chi connectivity index (χ0n) is 20.2. The van der Waals surface area contributed by atoms with Gasteiger partial charge in [-0.05, 0) is 56.9 Å². The third kappa shape index (κ3) is 4.72. The molecule has 0 aromatic heterocycles. The molecule has 0 amide bonds. The average Bonchev–Trinajstić information content (AvgIpc) is 2.83. The first-order chi connectivity index (χ1) is 16.4. The summed E-state index contributed by atoms with van der Waals surface area (Å²) < 4.78 is 17.0. The van der Waals surface area contributed by atoms with Gasteiger partial charge in [-0.15, -0.1) is 0 Å². The Balaban J connectivity index is 1.71. The van der Waals surface area contributed by atoms with Crippen molar-refractivity contribution in [1.82, 2.24) is 5.32 Å². The van der Waals surface area contributed by atoms with Crippen LogP contribution in [0.15, 0.2) is 65.0 Å². The molecule has 0 fully saturated rings. The van der Waals surface area contributed by atoms with Crippen molar-refractivity contribution in [2.24, 2.45) is 0 Å². The molecular weight excluding hydrogens is 430 g/mol. The highest BCUT2D eigenvalue weighted by molar-refractivity contribution is 6.03. The molecule has 4 rings (SSSR count). The Morgan fingerprint density at radius 1 is 1.06 bits per heavy atom. The summed E-state index contributed by atoms with van der Waals surface area (Å²) in [5.74, 6) is 0.286. The number of carbonyl (C=O) groups excluding carboxylic acids is 2. The number of ketones is 1. The number of nitrogens with one attached hydrogen (secondary N) is 1. The molecule has 2 aromatic carbocycles. The van der Waals surface area contributed by atoms with Gasteiger partial charge in [-0.1, -0.05) is 35.9 Å². The molecule has 2 aliphatic rings. The largest absolute Gasteiger partial charge is 0.493 e. The summed E-state index contributed by atoms with van der Waals surface area (Å²) in [6.07, 6.45) is 2.05. The van der Waals surface area contributed by atoms with Gasteiger partial charge in [-0.2, -0.15) is 0 Å². The summed E-state index contributed by atoms with van der Waals surface area (Å²) in [5, 5.41) is 3.30. The maximum Gasteiger partial charge on any atom is 0.336 e. The van der Waals surface area contributed by atoms with Gasteiger partial charge in [-0.25, -0.2) is 4.79 Å². The molecule has 6 heteroatoms. The van der Waals surface area contributed by atoms with Gasteiger partial charge < -0.3 is 19.5 Å². The standard InChI is InChI=1S/C28H31NO5/c1-5-33-28(31)25-18(3)29-21-7-6-8-22(30)27(21)26(25)20-13-14-23(24(15-20)32-4)34-16-19-11-9-17(2)10-12-19/h9-15,26,29H,5-8,16H2,1-4H3/t26-/m0/s1. The molecule has 0 bridgehead atoms. The number of hydrogen-bond donors (Lipinski definition) is 1. The van der Waals surface area contributed by atoms with E-state index >= 15 is 0 Å². The van der Waals surface area contributed by atoms with Crippen LogP contribution in [0.2, 0.25) is 0 Å². The van der Waals surface area contributed by atoms with Crippen molar-refractivity contribution in [1.29, 1.82) is 0 Å². The highest BCUT2D eigenvalue weighted by atomic mass is 16.5. The SMILES string of the molecule is CCOC(=O)C1=C(C)NC2=C(C(=O)CCC2)[C@H]1c1ccc(OCc2ccc(C)cc2)c(OC)c1. The van der Waals surface area contributed by atoms with Crippen LogP contribution in [-0.2, 0) is 20.9 Å². The number of dihydropyridines is 1. The lowest BCUT2D eigenvalue weighted by Gasteiger charge is -2.34. The van der Waals surface area contributed by atoms with Crippen LogP contribution < -0.4 is 14.8 Å². The van der Waals surface area contributed by atoms with Crippen LogP contribution in [0.25, 0.3) is 0 Å². The predicted octanol–water partition coefficient (Wildman–Crippen LogP) is 5.11. The Hall–Kier alpha value is -3.54. The fraction of sp³-hybridized carbons (Fsp3) is 0.357. The molecule has 0 unspecified atom stereocenters. The van der Waals surface area contributed by atoms with Gasteiger partial charge >= 0.3 is 5.97 Å². The highest BCUT2D eigenvalue weighted by Crippen LogP contribution is 2.44. The van der Waals surface area contributed by atoms with Crippen molar-refractivity contribution in [3.05, 3.63) is 81.7 Å². The Morgan fingerprint density at radius 3 is 2.53 bits per heavy atom. The maximum atomic E-state index is 13.0. The van der Waals surface area contributed by atoms with Crippen LogP contribution in [0.3, 0.4) is 0 Å². The average molecular weight is 462 g/mol. The Labute approximate surface area is 200 Å². The van der Waals surface area contributed by atoms with Crippen LogP contribution >= 0.6 is 0 Å². The molecule has 0 saturated carbocycles. The van der Waals surface area contributed by atoms with E-state index in [0.717, 1.165) is 35.4 Å². The van der Waals surface area contributed by atoms with Crippen LogP contribution in [0, 0.1) is 6.92 Å². The summed E-state index contributed by atoms with van der Waals surface area (Å²) >= 11 is 0. The molecule has 1 heterocycles. The fourth-order valence-corrected chi connectivity index (χ4v) is 4.62. The summed E-state index contributed by atoms with van der Waals surface area (Å²) in [7, 11) is 1.59. The molecular formula is C28H31NO5. The summed E-state index contributed by atoms with van der Waals surface area (Å²) in [5.41, 5.74) is 5.77. The van der Waals surface area contributed by atoms with E-state index in [-0.39, 0.29) is 12.4 Å². The van der Waals surface area contributed by atoms with Crippen molar-refractivity contribution < 1.29 is 23.8 Å². The second-order valence-electron chi connectivity index (χ2n) is 8.67. The van der Waals surface area contributed by atoms with E-state index in [0.29, 0.717) is 35.7 Å². The molecule has 6 nitrogen and oxygen atoms in total. The lowest BCUT2D eigenvalue weighted by atomic mass is 9.75. The quantitative estimate of drug-likeness (QED) is 0.578. The van der Waals surface area contributed by atoms with Gasteiger partial charge in [0.1, 0.15) is 6.61 Å². The molecule has 0 spiro atoms. The third-order valence-electron chi connectivity index (χ3n) is 6.31. The molecule has 2 aromatic rings. The number of ether oxygens (including phenoxy) is 3. The molecule has 1 N–H and O–H groups in total. The fourth-order valence-electron chi connectivity index (χ4n) is 4.62. The van der Waals surface area contributed by atoms with E-state index < -0.39 is 11.9 Å². The van der Waals surface area contributed by atoms with Gasteiger partial charge in [0.2, 0.25) is 0 Å². The predicted molar refractivity (Wildman–Crippen MR) is 130 cm³/mol. The summed E-state index contributed by atoms with van der Waals surface area (Å²) in [6, 6.07) is 13.8. The normalized spacial score (nSPS) is 17.8. The number of methoxy groups -OCH3 is 1. The zero-order chi connectivity index (χ0) is 24.2. The topological polar surface area (TPSA) is 73.9 Å². The van der Waals surface area contributed by atoms with E-state index in [2.05, 4.69) is 5.32 Å². The van der Waals surface area contributed by atoms with E-state index in [4.69, 9.17) is 14.2 Å². The molecule has 0 radical (unpaired) electrons. The Kier molecular flexibility index (Phi) is 7.06. The first-order valence-electron chi connectivity index (χ1n) is 11.7. The number of rotatable bonds is 7. The minimum atomic E-state index is -0.511. The van der Waals surface area contributed by atoms with Gasteiger partial charge in [0.15, 0.2) is 17.3 Å². The third-order valence-corrected chi connectivity index (χ3v) is 6.31. The summed E-state index contributed by atoms with van der Waals surface area (Å²) in [4.78, 5) is 26.0. The van der Waals surface area contributed by atoms with E-state index in [9.17, 15) is 9.59 Å². The van der Waals surface area contributed by atoms with Crippen LogP contribution in [0.5, 0.6) is 11.5 Å². The van der Waals surface area contributed by atoms with Crippen molar-refractivity contribution in [2.45, 2.75) is 52.6 Å². The lowest BCUT2D eigenvalue weighted by Crippen LogP contribution is -2.34. The van der Waals surface area contributed by atoms with Gasteiger partial charge in [0.05, 0.1) is 19.3 Å². The molecule has 34 heavy (non-hydrogen) atoms. The van der Waals surface area contributed by atoms with E-state index in [1.54, 1.807) is 14.0 Å². The first kappa shape index (κ1) is 23.6. The number of allylic oxidation sites excluding steroid dienone is 3. The highest BCUT2D eigenvalue weighted by Gasteiger charge is 2.39. The number of hydrogen-bond acceptors (Lipinski definition) is 6. The molecule has 1 aliphatic heterocycles. The minimum absolute atomic E-state index is 0.0618. The lowest BCUT2D eigenvalue weighted by molar-refractivity contribution is -0.138. The number of benzene rings is 2. The van der Waals surface area contributed by atoms with Crippen LogP contribution in [0.1, 0.15) is 55.7 Å². The Bertz CT molecular complexity index is 1160. The van der Waals surface area contributed by atoms with E-state index in [1.807, 2.05) is 56.3 Å². The number of aryl methyl sites for hydroxylation is 1. The maximum absolute atomic E-state index is 13.0. The first-order valence-corrected chi connectivity index (χ1v) is 11.7. The second kappa shape index (κ2) is 10.2. The molecule has 0 saturated heterocycles. The number of carbonyl (C=O) groups is 2. The van der Waals surface area contributed by atoms with Crippen molar-refractivity contribution >= 4 is 11.8 Å². The zero-order valence-corrected chi connectivity index (χ0v) is 20.2. The van der Waals surface area contributed by atoms with Gasteiger partial charge in [0, 0.05) is 29.3 Å². The minimum Gasteiger partial charge on any atom is -0.493 e. The second-order valence-corrected chi connectivity index (χ2v) is 8.67. The Morgan fingerprint density at radius 2 is 1.82 bits per heavy atom. The van der Waals surface area contributed by atoms with Crippen LogP contribution in [-0.4, -0.2) is 25.5 Å². The molecule has 1 atom stereocenters.